The number of hydrogen-bond donors (Lipinski definition) is 0. The van der Waals surface area contributed by atoms with Crippen molar-refractivity contribution in [3.8, 4) is 0 Å². The summed E-state index contributed by atoms with van der Waals surface area (Å²) in [4.78, 5) is 19.8. The van der Waals surface area contributed by atoms with Crippen LogP contribution in [0.15, 0.2) is 24.5 Å². The molecule has 0 N–H and O–H groups in total. The molecule has 0 spiro atoms. The van der Waals surface area contributed by atoms with E-state index in [2.05, 4.69) is 4.98 Å². The normalized spacial score (nSPS) is 18.1. The summed E-state index contributed by atoms with van der Waals surface area (Å²) in [5, 5.41) is 0. The topological polar surface area (TPSA) is 41.4 Å². The highest BCUT2D eigenvalue weighted by Crippen LogP contribution is 2.25. The van der Waals surface area contributed by atoms with Gasteiger partial charge in [-0.25, -0.2) is 4.98 Å². The van der Waals surface area contributed by atoms with E-state index in [9.17, 15) is 18.0 Å². The second kappa shape index (κ2) is 6.08. The zero-order valence-corrected chi connectivity index (χ0v) is 13.5. The van der Waals surface area contributed by atoms with Crippen LogP contribution in [0, 0.1) is 0 Å². The quantitative estimate of drug-likeness (QED) is 0.842. The fraction of sp³-hybridized carbons (Fsp3) is 0.500. The summed E-state index contributed by atoms with van der Waals surface area (Å²) in [6.07, 6.45) is -2.56. The molecule has 0 radical (unpaired) electrons. The van der Waals surface area contributed by atoms with Crippen LogP contribution in [-0.4, -0.2) is 63.7 Å². The van der Waals surface area contributed by atoms with E-state index in [4.69, 9.17) is 0 Å². The van der Waals surface area contributed by atoms with Gasteiger partial charge < -0.3 is 9.47 Å². The molecule has 1 aromatic heterocycles. The Morgan fingerprint density at radius 2 is 1.88 bits per heavy atom. The predicted molar refractivity (Wildman–Crippen MR) is 83.7 cm³/mol. The Morgan fingerprint density at radius 3 is 2.50 bits per heavy atom. The second-order valence-electron chi connectivity index (χ2n) is 6.10. The van der Waals surface area contributed by atoms with Crippen molar-refractivity contribution >= 4 is 16.9 Å². The molecule has 1 amide bonds. The Kier molecular flexibility index (Phi) is 4.25. The number of carbonyl (C=O) groups excluding carboxylic acids is 1. The number of aryl methyl sites for hydroxylation is 1. The van der Waals surface area contributed by atoms with Gasteiger partial charge in [-0.15, -0.1) is 0 Å². The zero-order chi connectivity index (χ0) is 17.5. The molecule has 1 atom stereocenters. The molecule has 1 fully saturated rings. The monoisotopic (exact) mass is 340 g/mol. The standard InChI is InChI=1S/C16H19F3N4O/c1-11(16(17,18)19)22-5-7-23(8-6-22)15(24)12-3-4-14-13(9-12)20-10-21(14)2/h3-4,9-11H,5-8H2,1-2H3. The van der Waals surface area contributed by atoms with E-state index in [1.54, 1.807) is 23.4 Å². The smallest absolute Gasteiger partial charge is 0.336 e. The first-order chi connectivity index (χ1) is 11.3. The lowest BCUT2D eigenvalue weighted by molar-refractivity contribution is -0.181. The lowest BCUT2D eigenvalue weighted by Gasteiger charge is -2.38. The molecule has 5 nitrogen and oxygen atoms in total. The lowest BCUT2D eigenvalue weighted by Crippen LogP contribution is -2.54. The van der Waals surface area contributed by atoms with Crippen LogP contribution in [0.25, 0.3) is 11.0 Å². The lowest BCUT2D eigenvalue weighted by atomic mass is 10.1. The Bertz CT molecular complexity index is 747. The number of alkyl halides is 3. The van der Waals surface area contributed by atoms with Gasteiger partial charge in [-0.1, -0.05) is 0 Å². The third-order valence-corrected chi connectivity index (χ3v) is 4.60. The fourth-order valence-electron chi connectivity index (χ4n) is 2.97. The summed E-state index contributed by atoms with van der Waals surface area (Å²) in [6.45, 7) is 2.18. The number of carbonyl (C=O) groups is 1. The Morgan fingerprint density at radius 1 is 1.21 bits per heavy atom. The predicted octanol–water partition coefficient (Wildman–Crippen LogP) is 2.28. The summed E-state index contributed by atoms with van der Waals surface area (Å²) in [5.74, 6) is -0.165. The fourth-order valence-corrected chi connectivity index (χ4v) is 2.97. The van der Waals surface area contributed by atoms with Crippen LogP contribution in [0.3, 0.4) is 0 Å². The van der Waals surface area contributed by atoms with Gasteiger partial charge in [0.15, 0.2) is 0 Å². The van der Waals surface area contributed by atoms with Crippen molar-refractivity contribution < 1.29 is 18.0 Å². The molecule has 1 saturated heterocycles. The molecule has 0 bridgehead atoms. The Labute approximate surface area is 137 Å². The molecule has 1 unspecified atom stereocenters. The van der Waals surface area contributed by atoms with E-state index >= 15 is 0 Å². The molecule has 24 heavy (non-hydrogen) atoms. The van der Waals surface area contributed by atoms with Gasteiger partial charge in [0.05, 0.1) is 17.4 Å². The third kappa shape index (κ3) is 3.10. The van der Waals surface area contributed by atoms with Crippen molar-refractivity contribution in [3.63, 3.8) is 0 Å². The molecule has 0 aliphatic carbocycles. The summed E-state index contributed by atoms with van der Waals surface area (Å²) in [5.41, 5.74) is 2.17. The third-order valence-electron chi connectivity index (χ3n) is 4.60. The van der Waals surface area contributed by atoms with E-state index in [1.165, 1.54) is 4.90 Å². The molecule has 1 aliphatic heterocycles. The van der Waals surface area contributed by atoms with Crippen LogP contribution in [0.1, 0.15) is 17.3 Å². The minimum Gasteiger partial charge on any atom is -0.336 e. The second-order valence-corrected chi connectivity index (χ2v) is 6.10. The first-order valence-electron chi connectivity index (χ1n) is 7.78. The first-order valence-corrected chi connectivity index (χ1v) is 7.78. The van der Waals surface area contributed by atoms with Crippen LogP contribution in [-0.2, 0) is 7.05 Å². The van der Waals surface area contributed by atoms with Gasteiger partial charge >= 0.3 is 6.18 Å². The van der Waals surface area contributed by atoms with Crippen molar-refractivity contribution in [1.82, 2.24) is 19.4 Å². The van der Waals surface area contributed by atoms with Gasteiger partial charge in [0.2, 0.25) is 0 Å². The number of rotatable bonds is 2. The van der Waals surface area contributed by atoms with Crippen LogP contribution < -0.4 is 0 Å². The molecule has 0 saturated carbocycles. The highest BCUT2D eigenvalue weighted by Gasteiger charge is 2.41. The van der Waals surface area contributed by atoms with Crippen molar-refractivity contribution in [1.29, 1.82) is 0 Å². The average molecular weight is 340 g/mol. The minimum atomic E-state index is -4.24. The van der Waals surface area contributed by atoms with Crippen molar-refractivity contribution in [3.05, 3.63) is 30.1 Å². The number of imidazole rings is 1. The summed E-state index contributed by atoms with van der Waals surface area (Å²) in [7, 11) is 1.87. The summed E-state index contributed by atoms with van der Waals surface area (Å²) >= 11 is 0. The summed E-state index contributed by atoms with van der Waals surface area (Å²) in [6, 6.07) is 3.80. The summed E-state index contributed by atoms with van der Waals surface area (Å²) < 4.78 is 40.2. The maximum atomic E-state index is 12.8. The molecule has 1 aliphatic rings. The maximum absolute atomic E-state index is 12.8. The molecule has 2 heterocycles. The Balaban J connectivity index is 1.68. The van der Waals surface area contributed by atoms with Crippen molar-refractivity contribution in [2.45, 2.75) is 19.1 Å². The SMILES string of the molecule is CC(N1CCN(C(=O)c2ccc3c(c2)ncn3C)CC1)C(F)(F)F. The number of amides is 1. The molecule has 1 aromatic carbocycles. The van der Waals surface area contributed by atoms with E-state index in [0.717, 1.165) is 18.0 Å². The van der Waals surface area contributed by atoms with Gasteiger partial charge in [-0.2, -0.15) is 13.2 Å². The largest absolute Gasteiger partial charge is 0.403 e. The average Bonchev–Trinajstić information content (AvgIpc) is 2.93. The van der Waals surface area contributed by atoms with E-state index in [-0.39, 0.29) is 19.0 Å². The van der Waals surface area contributed by atoms with Gasteiger partial charge in [0.25, 0.3) is 5.91 Å². The maximum Gasteiger partial charge on any atom is 0.403 e. The van der Waals surface area contributed by atoms with Gasteiger partial charge in [0, 0.05) is 38.8 Å². The highest BCUT2D eigenvalue weighted by molar-refractivity contribution is 5.97. The van der Waals surface area contributed by atoms with E-state index in [0.29, 0.717) is 18.7 Å². The number of benzene rings is 1. The Hall–Kier alpha value is -2.09. The number of nitrogens with zero attached hydrogens (tertiary/aromatic N) is 4. The van der Waals surface area contributed by atoms with Crippen molar-refractivity contribution in [2.75, 3.05) is 26.2 Å². The van der Waals surface area contributed by atoms with Gasteiger partial charge in [-0.05, 0) is 25.1 Å². The van der Waals surface area contributed by atoms with Crippen LogP contribution in [0.2, 0.25) is 0 Å². The molecule has 2 aromatic rings. The number of piperazine rings is 1. The molecule has 8 heteroatoms. The molecular formula is C16H19F3N4O. The highest BCUT2D eigenvalue weighted by atomic mass is 19.4. The number of halogens is 3. The van der Waals surface area contributed by atoms with Crippen LogP contribution in [0.5, 0.6) is 0 Å². The number of aromatic nitrogens is 2. The van der Waals surface area contributed by atoms with Crippen molar-refractivity contribution in [2.24, 2.45) is 7.05 Å². The van der Waals surface area contributed by atoms with E-state index < -0.39 is 12.2 Å². The zero-order valence-electron chi connectivity index (χ0n) is 13.5. The van der Waals surface area contributed by atoms with Gasteiger partial charge in [-0.3, -0.25) is 9.69 Å². The van der Waals surface area contributed by atoms with Gasteiger partial charge in [0.1, 0.15) is 6.04 Å². The van der Waals surface area contributed by atoms with E-state index in [1.807, 2.05) is 17.7 Å². The molecular weight excluding hydrogens is 321 g/mol. The number of fused-ring (bicyclic) bond motifs is 1. The minimum absolute atomic E-state index is 0.165. The first kappa shape index (κ1) is 16.8. The van der Waals surface area contributed by atoms with Crippen LogP contribution in [0.4, 0.5) is 13.2 Å². The van der Waals surface area contributed by atoms with Crippen LogP contribution >= 0.6 is 0 Å². The molecule has 3 rings (SSSR count). The number of hydrogen-bond acceptors (Lipinski definition) is 3. The molecule has 130 valence electrons.